The van der Waals surface area contributed by atoms with Crippen molar-refractivity contribution in [2.45, 2.75) is 65.6 Å². The molecule has 0 radical (unpaired) electrons. The summed E-state index contributed by atoms with van der Waals surface area (Å²) in [6.45, 7) is 9.72. The molecule has 0 saturated carbocycles. The number of rotatable bonds is 9. The van der Waals surface area contributed by atoms with Crippen molar-refractivity contribution >= 4 is 35.0 Å². The zero-order valence-corrected chi connectivity index (χ0v) is 20.9. The van der Waals surface area contributed by atoms with Crippen LogP contribution >= 0.6 is 23.2 Å². The van der Waals surface area contributed by atoms with Crippen molar-refractivity contribution in [2.75, 3.05) is 6.61 Å². The van der Waals surface area contributed by atoms with E-state index >= 15 is 0 Å². The summed E-state index contributed by atoms with van der Waals surface area (Å²) < 4.78 is 5.73. The summed E-state index contributed by atoms with van der Waals surface area (Å²) in [5.41, 5.74) is 1.55. The third-order valence-electron chi connectivity index (χ3n) is 4.91. The number of hydrogen-bond donors (Lipinski definition) is 1. The van der Waals surface area contributed by atoms with Crippen LogP contribution in [0.2, 0.25) is 10.0 Å². The zero-order valence-electron chi connectivity index (χ0n) is 19.4. The van der Waals surface area contributed by atoms with Gasteiger partial charge < -0.3 is 15.0 Å². The molecular weight excluding hydrogens is 447 g/mol. The molecule has 0 aliphatic heterocycles. The van der Waals surface area contributed by atoms with Crippen LogP contribution in [0.4, 0.5) is 0 Å². The number of benzene rings is 2. The maximum Gasteiger partial charge on any atom is 0.261 e. The number of amides is 2. The largest absolute Gasteiger partial charge is 0.484 e. The molecule has 2 rings (SSSR count). The number of aryl methyl sites for hydroxylation is 1. The summed E-state index contributed by atoms with van der Waals surface area (Å²) in [6, 6.07) is 12.2. The van der Waals surface area contributed by atoms with Gasteiger partial charge in [0.15, 0.2) is 6.61 Å². The van der Waals surface area contributed by atoms with Crippen LogP contribution in [0.15, 0.2) is 42.5 Å². The standard InChI is InChI=1S/C25H32Cl2N2O3/c1-6-17-8-11-19(12-9-17)32-16-23(30)29(15-18-10-13-20(26)21(27)14-18)22(7-2)24(31)28-25(3,4)5/h8-14,22H,6-7,15-16H2,1-5H3,(H,28,31)/t22-/m0/s1. The minimum absolute atomic E-state index is 0.175. The van der Waals surface area contributed by atoms with Crippen LogP contribution in [-0.4, -0.2) is 34.9 Å². The lowest BCUT2D eigenvalue weighted by molar-refractivity contribution is -0.143. The van der Waals surface area contributed by atoms with Gasteiger partial charge in [-0.25, -0.2) is 0 Å². The smallest absolute Gasteiger partial charge is 0.261 e. The Hall–Kier alpha value is -2.24. The summed E-state index contributed by atoms with van der Waals surface area (Å²) in [5, 5.41) is 3.81. The molecule has 2 aromatic carbocycles. The summed E-state index contributed by atoms with van der Waals surface area (Å²) in [5.74, 6) is 0.115. The SMILES string of the molecule is CCc1ccc(OCC(=O)N(Cc2ccc(Cl)c(Cl)c2)[C@@H](CC)C(=O)NC(C)(C)C)cc1. The number of nitrogens with zero attached hydrogens (tertiary/aromatic N) is 1. The first-order chi connectivity index (χ1) is 15.0. The Balaban J connectivity index is 2.24. The highest BCUT2D eigenvalue weighted by atomic mass is 35.5. The van der Waals surface area contributed by atoms with Gasteiger partial charge in [0, 0.05) is 12.1 Å². The summed E-state index contributed by atoms with van der Waals surface area (Å²) in [7, 11) is 0. The van der Waals surface area contributed by atoms with E-state index in [0.717, 1.165) is 12.0 Å². The molecule has 0 aliphatic carbocycles. The van der Waals surface area contributed by atoms with Crippen molar-refractivity contribution in [2.24, 2.45) is 0 Å². The van der Waals surface area contributed by atoms with Crippen molar-refractivity contribution in [1.29, 1.82) is 0 Å². The first kappa shape index (κ1) is 26.0. The molecule has 0 aromatic heterocycles. The molecule has 0 fully saturated rings. The first-order valence-corrected chi connectivity index (χ1v) is 11.6. The predicted molar refractivity (Wildman–Crippen MR) is 130 cm³/mol. The normalized spacial score (nSPS) is 12.2. The van der Waals surface area contributed by atoms with Gasteiger partial charge in [-0.1, -0.05) is 55.2 Å². The van der Waals surface area contributed by atoms with Crippen LogP contribution in [0.1, 0.15) is 52.2 Å². The molecule has 0 unspecified atom stereocenters. The Bertz CT molecular complexity index is 924. The van der Waals surface area contributed by atoms with Crippen LogP contribution in [0.25, 0.3) is 0 Å². The highest BCUT2D eigenvalue weighted by Gasteiger charge is 2.31. The summed E-state index contributed by atoms with van der Waals surface area (Å²) in [6.07, 6.45) is 1.39. The number of hydrogen-bond acceptors (Lipinski definition) is 3. The molecule has 7 heteroatoms. The van der Waals surface area contributed by atoms with Gasteiger partial charge in [-0.2, -0.15) is 0 Å². The third kappa shape index (κ3) is 7.72. The molecule has 1 N–H and O–H groups in total. The van der Waals surface area contributed by atoms with Crippen molar-refractivity contribution in [3.05, 3.63) is 63.6 Å². The second kappa shape index (κ2) is 11.6. The van der Waals surface area contributed by atoms with Crippen LogP contribution in [0.5, 0.6) is 5.75 Å². The fourth-order valence-corrected chi connectivity index (χ4v) is 3.58. The van der Waals surface area contributed by atoms with Crippen LogP contribution < -0.4 is 10.1 Å². The molecular formula is C25H32Cl2N2O3. The van der Waals surface area contributed by atoms with Gasteiger partial charge >= 0.3 is 0 Å². The molecule has 0 heterocycles. The molecule has 1 atom stereocenters. The van der Waals surface area contributed by atoms with E-state index in [1.807, 2.05) is 52.0 Å². The average Bonchev–Trinajstić information content (AvgIpc) is 2.73. The molecule has 174 valence electrons. The van der Waals surface area contributed by atoms with Crippen molar-refractivity contribution in [3.8, 4) is 5.75 Å². The monoisotopic (exact) mass is 478 g/mol. The van der Waals surface area contributed by atoms with Gasteiger partial charge in [0.05, 0.1) is 10.0 Å². The number of nitrogens with one attached hydrogen (secondary N) is 1. The van der Waals surface area contributed by atoms with Gasteiger partial charge in [-0.3, -0.25) is 9.59 Å². The molecule has 0 bridgehead atoms. The van der Waals surface area contributed by atoms with Gasteiger partial charge in [-0.15, -0.1) is 0 Å². The van der Waals surface area contributed by atoms with E-state index in [1.54, 1.807) is 23.1 Å². The Morgan fingerprint density at radius 1 is 1.00 bits per heavy atom. The number of halogens is 2. The summed E-state index contributed by atoms with van der Waals surface area (Å²) >= 11 is 12.2. The molecule has 5 nitrogen and oxygen atoms in total. The van der Waals surface area contributed by atoms with E-state index < -0.39 is 11.6 Å². The maximum absolute atomic E-state index is 13.2. The third-order valence-corrected chi connectivity index (χ3v) is 5.65. The fourth-order valence-electron chi connectivity index (χ4n) is 3.26. The van der Waals surface area contributed by atoms with Crippen molar-refractivity contribution in [3.63, 3.8) is 0 Å². The van der Waals surface area contributed by atoms with Gasteiger partial charge in [0.2, 0.25) is 5.91 Å². The number of carbonyl (C=O) groups is 2. The Labute approximate surface area is 201 Å². The first-order valence-electron chi connectivity index (χ1n) is 10.8. The summed E-state index contributed by atoms with van der Waals surface area (Å²) in [4.78, 5) is 27.8. The van der Waals surface area contributed by atoms with E-state index in [-0.39, 0.29) is 25.0 Å². The molecule has 32 heavy (non-hydrogen) atoms. The molecule has 0 aliphatic rings. The van der Waals surface area contributed by atoms with Crippen LogP contribution in [-0.2, 0) is 22.6 Å². The van der Waals surface area contributed by atoms with Gasteiger partial charge in [0.25, 0.3) is 5.91 Å². The maximum atomic E-state index is 13.2. The Morgan fingerprint density at radius 2 is 1.62 bits per heavy atom. The lowest BCUT2D eigenvalue weighted by Gasteiger charge is -2.33. The highest BCUT2D eigenvalue weighted by molar-refractivity contribution is 6.42. The molecule has 2 amide bonds. The van der Waals surface area contributed by atoms with E-state index in [2.05, 4.69) is 12.2 Å². The van der Waals surface area contributed by atoms with Crippen LogP contribution in [0, 0.1) is 0 Å². The van der Waals surface area contributed by atoms with Crippen molar-refractivity contribution in [1.82, 2.24) is 10.2 Å². The lowest BCUT2D eigenvalue weighted by Crippen LogP contribution is -2.54. The van der Waals surface area contributed by atoms with E-state index in [0.29, 0.717) is 22.2 Å². The quantitative estimate of drug-likeness (QED) is 0.505. The minimum atomic E-state index is -0.651. The van der Waals surface area contributed by atoms with Crippen LogP contribution in [0.3, 0.4) is 0 Å². The Morgan fingerprint density at radius 3 is 2.16 bits per heavy atom. The van der Waals surface area contributed by atoms with Gasteiger partial charge in [-0.05, 0) is 69.0 Å². The van der Waals surface area contributed by atoms with E-state index in [9.17, 15) is 9.59 Å². The van der Waals surface area contributed by atoms with Crippen molar-refractivity contribution < 1.29 is 14.3 Å². The average molecular weight is 479 g/mol. The molecule has 0 spiro atoms. The predicted octanol–water partition coefficient (Wildman–Crippen LogP) is 5.66. The minimum Gasteiger partial charge on any atom is -0.484 e. The number of carbonyl (C=O) groups excluding carboxylic acids is 2. The fraction of sp³-hybridized carbons (Fsp3) is 0.440. The molecule has 0 saturated heterocycles. The Kier molecular flexibility index (Phi) is 9.41. The highest BCUT2D eigenvalue weighted by Crippen LogP contribution is 2.24. The molecule has 2 aromatic rings. The van der Waals surface area contributed by atoms with E-state index in [1.165, 1.54) is 5.56 Å². The second-order valence-corrected chi connectivity index (χ2v) is 9.53. The van der Waals surface area contributed by atoms with E-state index in [4.69, 9.17) is 27.9 Å². The lowest BCUT2D eigenvalue weighted by atomic mass is 10.1. The zero-order chi connectivity index (χ0) is 23.9. The topological polar surface area (TPSA) is 58.6 Å². The number of ether oxygens (including phenoxy) is 1. The van der Waals surface area contributed by atoms with Gasteiger partial charge in [0.1, 0.15) is 11.8 Å². The second-order valence-electron chi connectivity index (χ2n) is 8.72.